The minimum Gasteiger partial charge on any atom is -0.487 e. The van der Waals surface area contributed by atoms with E-state index >= 15 is 0 Å². The molecule has 1 saturated carbocycles. The summed E-state index contributed by atoms with van der Waals surface area (Å²) in [7, 11) is 0. The maximum absolute atomic E-state index is 14.1. The van der Waals surface area contributed by atoms with Crippen LogP contribution in [0.1, 0.15) is 37.6 Å². The number of hydrogen-bond acceptors (Lipinski definition) is 3. The van der Waals surface area contributed by atoms with Gasteiger partial charge in [-0.3, -0.25) is 5.10 Å². The van der Waals surface area contributed by atoms with Crippen LogP contribution < -0.4 is 15.4 Å². The number of hydrogen-bond donors (Lipinski definition) is 3. The summed E-state index contributed by atoms with van der Waals surface area (Å²) in [5, 5.41) is 12.5. The zero-order valence-electron chi connectivity index (χ0n) is 14.4. The SMILES string of the molecule is Cc1cc(C[C@H](C)NC(=O)Nc2ccc(OC3CCC3)c(F)c2)n[nH]1. The van der Waals surface area contributed by atoms with Gasteiger partial charge in [0.05, 0.1) is 11.8 Å². The van der Waals surface area contributed by atoms with Crippen LogP contribution in [0.25, 0.3) is 0 Å². The largest absolute Gasteiger partial charge is 0.487 e. The Hall–Kier alpha value is -2.57. The van der Waals surface area contributed by atoms with Crippen molar-refractivity contribution < 1.29 is 13.9 Å². The van der Waals surface area contributed by atoms with Crippen molar-refractivity contribution in [2.45, 2.75) is 51.7 Å². The molecule has 6 nitrogen and oxygen atoms in total. The fourth-order valence-electron chi connectivity index (χ4n) is 2.68. The molecule has 0 spiro atoms. The van der Waals surface area contributed by atoms with Gasteiger partial charge in [0.25, 0.3) is 0 Å². The highest BCUT2D eigenvalue weighted by Gasteiger charge is 2.20. The second-order valence-corrected chi connectivity index (χ2v) is 6.56. The summed E-state index contributed by atoms with van der Waals surface area (Å²) < 4.78 is 19.6. The molecule has 1 aromatic heterocycles. The highest BCUT2D eigenvalue weighted by Crippen LogP contribution is 2.28. The summed E-state index contributed by atoms with van der Waals surface area (Å²) in [5.74, 6) is -0.234. The molecule has 1 aromatic carbocycles. The quantitative estimate of drug-likeness (QED) is 0.748. The summed E-state index contributed by atoms with van der Waals surface area (Å²) in [6.07, 6.45) is 3.79. The summed E-state index contributed by atoms with van der Waals surface area (Å²) in [6, 6.07) is 5.92. The molecule has 0 aliphatic heterocycles. The van der Waals surface area contributed by atoms with Crippen molar-refractivity contribution in [1.29, 1.82) is 0 Å². The maximum atomic E-state index is 14.1. The molecule has 1 aliphatic rings. The first-order chi connectivity index (χ1) is 12.0. The van der Waals surface area contributed by atoms with Gasteiger partial charge >= 0.3 is 6.03 Å². The van der Waals surface area contributed by atoms with Gasteiger partial charge in [-0.1, -0.05) is 0 Å². The zero-order valence-corrected chi connectivity index (χ0v) is 14.4. The number of aromatic amines is 1. The number of urea groups is 1. The van der Waals surface area contributed by atoms with Crippen molar-refractivity contribution in [2.75, 3.05) is 5.32 Å². The Kier molecular flexibility index (Phi) is 5.21. The molecule has 0 saturated heterocycles. The summed E-state index contributed by atoms with van der Waals surface area (Å²) in [6.45, 7) is 3.81. The van der Waals surface area contributed by atoms with Crippen LogP contribution in [0.3, 0.4) is 0 Å². The smallest absolute Gasteiger partial charge is 0.319 e. The first-order valence-corrected chi connectivity index (χ1v) is 8.54. The molecular formula is C18H23FN4O2. The molecule has 1 atom stereocenters. The Morgan fingerprint density at radius 2 is 2.24 bits per heavy atom. The Balaban J connectivity index is 1.50. The highest BCUT2D eigenvalue weighted by molar-refractivity contribution is 5.89. The van der Waals surface area contributed by atoms with Crippen molar-refractivity contribution in [1.82, 2.24) is 15.5 Å². The third-order valence-electron chi connectivity index (χ3n) is 4.19. The Morgan fingerprint density at radius 3 is 2.84 bits per heavy atom. The lowest BCUT2D eigenvalue weighted by atomic mass is 9.96. The van der Waals surface area contributed by atoms with Crippen LogP contribution in [-0.2, 0) is 6.42 Å². The average Bonchev–Trinajstić information content (AvgIpc) is 2.89. The molecule has 3 rings (SSSR count). The second kappa shape index (κ2) is 7.55. The minimum atomic E-state index is -0.468. The lowest BCUT2D eigenvalue weighted by Crippen LogP contribution is -2.37. The van der Waals surface area contributed by atoms with Gasteiger partial charge in [0.15, 0.2) is 11.6 Å². The number of benzene rings is 1. The third-order valence-corrected chi connectivity index (χ3v) is 4.19. The van der Waals surface area contributed by atoms with Gasteiger partial charge in [-0.2, -0.15) is 5.10 Å². The van der Waals surface area contributed by atoms with Crippen molar-refractivity contribution in [3.63, 3.8) is 0 Å². The normalized spacial score (nSPS) is 15.3. The number of amides is 2. The fraction of sp³-hybridized carbons (Fsp3) is 0.444. The number of ether oxygens (including phenoxy) is 1. The number of anilines is 1. The van der Waals surface area contributed by atoms with Crippen molar-refractivity contribution in [3.05, 3.63) is 41.5 Å². The Bertz CT molecular complexity index is 742. The molecule has 25 heavy (non-hydrogen) atoms. The lowest BCUT2D eigenvalue weighted by molar-refractivity contribution is 0.115. The first-order valence-electron chi connectivity index (χ1n) is 8.54. The van der Waals surface area contributed by atoms with Gasteiger partial charge in [-0.25, -0.2) is 9.18 Å². The van der Waals surface area contributed by atoms with E-state index in [1.165, 1.54) is 6.07 Å². The van der Waals surface area contributed by atoms with E-state index in [1.807, 2.05) is 19.9 Å². The number of rotatable bonds is 6. The predicted molar refractivity (Wildman–Crippen MR) is 93.3 cm³/mol. The number of aromatic nitrogens is 2. The summed E-state index contributed by atoms with van der Waals surface area (Å²) in [5.41, 5.74) is 2.25. The molecule has 1 heterocycles. The van der Waals surface area contributed by atoms with Crippen molar-refractivity contribution >= 4 is 11.7 Å². The monoisotopic (exact) mass is 346 g/mol. The van der Waals surface area contributed by atoms with E-state index in [-0.39, 0.29) is 23.9 Å². The Labute approximate surface area is 146 Å². The highest BCUT2D eigenvalue weighted by atomic mass is 19.1. The standard InChI is InChI=1S/C18H23FN4O2/c1-11(8-14-9-12(2)22-23-14)20-18(24)21-13-6-7-17(16(19)10-13)25-15-4-3-5-15/h6-7,9-11,15H,3-5,8H2,1-2H3,(H,22,23)(H2,20,21,24)/t11-/m0/s1. The van der Waals surface area contributed by atoms with Crippen LogP contribution >= 0.6 is 0 Å². The zero-order chi connectivity index (χ0) is 17.8. The number of halogens is 1. The lowest BCUT2D eigenvalue weighted by Gasteiger charge is -2.26. The van der Waals surface area contributed by atoms with Crippen LogP contribution in [0.15, 0.2) is 24.3 Å². The van der Waals surface area contributed by atoms with E-state index in [9.17, 15) is 9.18 Å². The fourth-order valence-corrected chi connectivity index (χ4v) is 2.68. The van der Waals surface area contributed by atoms with Crippen molar-refractivity contribution in [2.24, 2.45) is 0 Å². The maximum Gasteiger partial charge on any atom is 0.319 e. The molecular weight excluding hydrogens is 323 g/mol. The van der Waals surface area contributed by atoms with E-state index in [2.05, 4.69) is 20.8 Å². The molecule has 7 heteroatoms. The predicted octanol–water partition coefficient (Wildman–Crippen LogP) is 3.54. The third kappa shape index (κ3) is 4.71. The molecule has 1 aliphatic carbocycles. The molecule has 0 radical (unpaired) electrons. The molecule has 3 N–H and O–H groups in total. The average molecular weight is 346 g/mol. The molecule has 2 amide bonds. The topological polar surface area (TPSA) is 79.0 Å². The molecule has 1 fully saturated rings. The summed E-state index contributed by atoms with van der Waals surface area (Å²) in [4.78, 5) is 12.0. The molecule has 2 aromatic rings. The second-order valence-electron chi connectivity index (χ2n) is 6.56. The number of carbonyl (C=O) groups excluding carboxylic acids is 1. The van der Waals surface area contributed by atoms with Crippen molar-refractivity contribution in [3.8, 4) is 5.75 Å². The van der Waals surface area contributed by atoms with E-state index in [1.54, 1.807) is 12.1 Å². The van der Waals surface area contributed by atoms with Crippen LogP contribution in [0, 0.1) is 12.7 Å². The first kappa shape index (κ1) is 17.3. The number of aryl methyl sites for hydroxylation is 1. The van der Waals surface area contributed by atoms with E-state index in [0.29, 0.717) is 12.1 Å². The van der Waals surface area contributed by atoms with Gasteiger partial charge in [0, 0.05) is 29.9 Å². The molecule has 0 unspecified atom stereocenters. The van der Waals surface area contributed by atoms with Crippen LogP contribution in [-0.4, -0.2) is 28.4 Å². The number of H-pyrrole nitrogens is 1. The van der Waals surface area contributed by atoms with Gasteiger partial charge in [0.2, 0.25) is 0 Å². The summed E-state index contributed by atoms with van der Waals surface area (Å²) >= 11 is 0. The number of nitrogens with one attached hydrogen (secondary N) is 3. The molecule has 134 valence electrons. The van der Waals surface area contributed by atoms with Gasteiger partial charge in [-0.05, 0) is 51.3 Å². The molecule has 0 bridgehead atoms. The Morgan fingerprint density at radius 1 is 1.44 bits per heavy atom. The number of nitrogens with zero attached hydrogens (tertiary/aromatic N) is 1. The van der Waals surface area contributed by atoms with E-state index < -0.39 is 5.82 Å². The van der Waals surface area contributed by atoms with Crippen LogP contribution in [0.2, 0.25) is 0 Å². The van der Waals surface area contributed by atoms with E-state index in [4.69, 9.17) is 4.74 Å². The van der Waals surface area contributed by atoms with Gasteiger partial charge in [-0.15, -0.1) is 0 Å². The minimum absolute atomic E-state index is 0.103. The van der Waals surface area contributed by atoms with Gasteiger partial charge < -0.3 is 15.4 Å². The van der Waals surface area contributed by atoms with Gasteiger partial charge in [0.1, 0.15) is 0 Å². The van der Waals surface area contributed by atoms with E-state index in [0.717, 1.165) is 30.7 Å². The van der Waals surface area contributed by atoms with Crippen LogP contribution in [0.4, 0.5) is 14.9 Å². The van der Waals surface area contributed by atoms with Crippen LogP contribution in [0.5, 0.6) is 5.75 Å². The number of carbonyl (C=O) groups is 1.